The van der Waals surface area contributed by atoms with Gasteiger partial charge in [-0.25, -0.2) is 4.68 Å². The molecule has 0 spiro atoms. The lowest BCUT2D eigenvalue weighted by atomic mass is 9.98. The lowest BCUT2D eigenvalue weighted by molar-refractivity contribution is 0.0794. The molecule has 1 aliphatic heterocycles. The fraction of sp³-hybridized carbons (Fsp3) is 0.526. The summed E-state index contributed by atoms with van der Waals surface area (Å²) in [5.41, 5.74) is 1.45. The summed E-state index contributed by atoms with van der Waals surface area (Å²) >= 11 is 0. The van der Waals surface area contributed by atoms with Crippen molar-refractivity contribution in [1.82, 2.24) is 25.2 Å². The number of hydrogen-bond acceptors (Lipinski definition) is 4. The number of likely N-dealkylation sites (tertiary alicyclic amines) is 1. The molecule has 0 saturated carbocycles. The molecule has 2 heterocycles. The first-order chi connectivity index (χ1) is 12.0. The Morgan fingerprint density at radius 2 is 1.88 bits per heavy atom. The molecular weight excluding hydrogens is 314 g/mol. The zero-order valence-electron chi connectivity index (χ0n) is 15.1. The van der Waals surface area contributed by atoms with Crippen LogP contribution in [0.3, 0.4) is 0 Å². The van der Waals surface area contributed by atoms with Crippen LogP contribution >= 0.6 is 0 Å². The number of aromatic nitrogens is 3. The molecule has 3 rings (SSSR count). The molecule has 6 heteroatoms. The van der Waals surface area contributed by atoms with E-state index in [0.29, 0.717) is 18.8 Å². The van der Waals surface area contributed by atoms with Gasteiger partial charge in [0.25, 0.3) is 5.91 Å². The molecule has 2 aromatic rings. The van der Waals surface area contributed by atoms with E-state index >= 15 is 0 Å². The number of piperidine rings is 1. The van der Waals surface area contributed by atoms with Crippen LogP contribution in [0.4, 0.5) is 0 Å². The van der Waals surface area contributed by atoms with Crippen LogP contribution in [0, 0.1) is 0 Å². The third kappa shape index (κ3) is 4.66. The normalized spacial score (nSPS) is 15.9. The molecule has 1 aromatic heterocycles. The minimum absolute atomic E-state index is 0.0455. The summed E-state index contributed by atoms with van der Waals surface area (Å²) in [7, 11) is 0. The molecule has 0 radical (unpaired) electrons. The van der Waals surface area contributed by atoms with Gasteiger partial charge in [-0.15, -0.1) is 5.10 Å². The predicted octanol–water partition coefficient (Wildman–Crippen LogP) is 2.32. The van der Waals surface area contributed by atoms with Gasteiger partial charge >= 0.3 is 0 Å². The van der Waals surface area contributed by atoms with Crippen molar-refractivity contribution >= 4 is 5.91 Å². The summed E-state index contributed by atoms with van der Waals surface area (Å²) < 4.78 is 1.69. The number of nitrogens with zero attached hydrogens (tertiary/aromatic N) is 4. The van der Waals surface area contributed by atoms with Crippen molar-refractivity contribution in [3.8, 4) is 0 Å². The van der Waals surface area contributed by atoms with Crippen molar-refractivity contribution in [3.05, 3.63) is 47.8 Å². The Hall–Kier alpha value is -2.21. The van der Waals surface area contributed by atoms with Gasteiger partial charge in [-0.05, 0) is 45.3 Å². The highest BCUT2D eigenvalue weighted by molar-refractivity contribution is 5.91. The minimum Gasteiger partial charge on any atom is -0.349 e. The highest BCUT2D eigenvalue weighted by Gasteiger charge is 2.28. The van der Waals surface area contributed by atoms with E-state index in [2.05, 4.69) is 34.4 Å². The van der Waals surface area contributed by atoms with E-state index < -0.39 is 0 Å². The maximum atomic E-state index is 12.4. The Morgan fingerprint density at radius 3 is 2.60 bits per heavy atom. The van der Waals surface area contributed by atoms with E-state index in [1.165, 1.54) is 19.3 Å². The molecule has 134 valence electrons. The Kier molecular flexibility index (Phi) is 5.48. The Bertz CT molecular complexity index is 689. The van der Waals surface area contributed by atoms with Crippen LogP contribution in [-0.2, 0) is 6.54 Å². The number of hydrogen-bond donors (Lipinski definition) is 1. The lowest BCUT2D eigenvalue weighted by Crippen LogP contribution is -2.53. The molecule has 25 heavy (non-hydrogen) atoms. The van der Waals surface area contributed by atoms with E-state index in [9.17, 15) is 4.79 Å². The SMILES string of the molecule is CC(C)(CNC(=O)c1cn(Cc2ccccc2)nn1)N1CCCCC1. The van der Waals surface area contributed by atoms with Crippen molar-refractivity contribution in [2.24, 2.45) is 0 Å². The second-order valence-electron chi connectivity index (χ2n) is 7.33. The quantitative estimate of drug-likeness (QED) is 0.876. The summed E-state index contributed by atoms with van der Waals surface area (Å²) in [6.45, 7) is 7.81. The van der Waals surface area contributed by atoms with Gasteiger partial charge in [0.05, 0.1) is 12.7 Å². The van der Waals surface area contributed by atoms with Crippen LogP contribution in [0.25, 0.3) is 0 Å². The molecule has 1 N–H and O–H groups in total. The second kappa shape index (κ2) is 7.78. The Labute approximate surface area is 149 Å². The van der Waals surface area contributed by atoms with E-state index in [0.717, 1.165) is 18.7 Å². The number of nitrogens with one attached hydrogen (secondary N) is 1. The molecule has 1 amide bonds. The van der Waals surface area contributed by atoms with E-state index in [4.69, 9.17) is 0 Å². The van der Waals surface area contributed by atoms with Crippen LogP contribution in [-0.4, -0.2) is 51.0 Å². The summed E-state index contributed by atoms with van der Waals surface area (Å²) in [6, 6.07) is 10.0. The van der Waals surface area contributed by atoms with Crippen LogP contribution in [0.5, 0.6) is 0 Å². The minimum atomic E-state index is -0.163. The third-order valence-corrected chi connectivity index (χ3v) is 4.85. The van der Waals surface area contributed by atoms with E-state index in [-0.39, 0.29) is 11.4 Å². The zero-order chi connectivity index (χ0) is 17.7. The molecule has 6 nitrogen and oxygen atoms in total. The largest absolute Gasteiger partial charge is 0.349 e. The van der Waals surface area contributed by atoms with E-state index in [1.54, 1.807) is 10.9 Å². The van der Waals surface area contributed by atoms with Gasteiger partial charge in [-0.1, -0.05) is 42.0 Å². The molecule has 0 unspecified atom stereocenters. The number of benzene rings is 1. The molecular formula is C19H27N5O. The first kappa shape index (κ1) is 17.6. The average molecular weight is 341 g/mol. The Balaban J connectivity index is 1.54. The standard InChI is InChI=1S/C19H27N5O/c1-19(2,23-11-7-4-8-12-23)15-20-18(25)17-14-24(22-21-17)13-16-9-5-3-6-10-16/h3,5-6,9-10,14H,4,7-8,11-13,15H2,1-2H3,(H,20,25). The average Bonchev–Trinajstić information content (AvgIpc) is 3.10. The molecule has 1 aliphatic rings. The topological polar surface area (TPSA) is 63.1 Å². The Morgan fingerprint density at radius 1 is 1.16 bits per heavy atom. The van der Waals surface area contributed by atoms with Crippen LogP contribution in [0.1, 0.15) is 49.2 Å². The van der Waals surface area contributed by atoms with Gasteiger partial charge in [0, 0.05) is 12.1 Å². The van der Waals surface area contributed by atoms with Gasteiger partial charge in [0.2, 0.25) is 0 Å². The second-order valence-corrected chi connectivity index (χ2v) is 7.33. The third-order valence-electron chi connectivity index (χ3n) is 4.85. The summed E-state index contributed by atoms with van der Waals surface area (Å²) in [5, 5.41) is 11.1. The molecule has 1 fully saturated rings. The summed E-state index contributed by atoms with van der Waals surface area (Å²) in [5.74, 6) is -0.163. The smallest absolute Gasteiger partial charge is 0.273 e. The fourth-order valence-corrected chi connectivity index (χ4v) is 3.25. The summed E-state index contributed by atoms with van der Waals surface area (Å²) in [4.78, 5) is 14.9. The van der Waals surface area contributed by atoms with Crippen molar-refractivity contribution in [1.29, 1.82) is 0 Å². The highest BCUT2D eigenvalue weighted by Crippen LogP contribution is 2.19. The first-order valence-corrected chi connectivity index (χ1v) is 9.02. The van der Waals surface area contributed by atoms with Crippen LogP contribution in [0.15, 0.2) is 36.5 Å². The van der Waals surface area contributed by atoms with Gasteiger partial charge in [-0.3, -0.25) is 9.69 Å². The number of amides is 1. The summed E-state index contributed by atoms with van der Waals surface area (Å²) in [6.07, 6.45) is 5.50. The lowest BCUT2D eigenvalue weighted by Gasteiger charge is -2.41. The number of rotatable bonds is 6. The molecule has 1 saturated heterocycles. The van der Waals surface area contributed by atoms with E-state index in [1.807, 2.05) is 30.3 Å². The van der Waals surface area contributed by atoms with Crippen LogP contribution in [0.2, 0.25) is 0 Å². The van der Waals surface area contributed by atoms with Crippen LogP contribution < -0.4 is 5.32 Å². The number of carbonyl (C=O) groups excluding carboxylic acids is 1. The van der Waals surface area contributed by atoms with Crippen molar-refractivity contribution in [2.75, 3.05) is 19.6 Å². The predicted molar refractivity (Wildman–Crippen MR) is 97.4 cm³/mol. The highest BCUT2D eigenvalue weighted by atomic mass is 16.2. The molecule has 1 aromatic carbocycles. The van der Waals surface area contributed by atoms with Gasteiger partial charge in [0.15, 0.2) is 5.69 Å². The maximum Gasteiger partial charge on any atom is 0.273 e. The maximum absolute atomic E-state index is 12.4. The van der Waals surface area contributed by atoms with Crippen molar-refractivity contribution in [3.63, 3.8) is 0 Å². The van der Waals surface area contributed by atoms with Gasteiger partial charge in [-0.2, -0.15) is 0 Å². The molecule has 0 aliphatic carbocycles. The van der Waals surface area contributed by atoms with Crippen molar-refractivity contribution in [2.45, 2.75) is 45.2 Å². The van der Waals surface area contributed by atoms with Crippen molar-refractivity contribution < 1.29 is 4.79 Å². The molecule has 0 bridgehead atoms. The monoisotopic (exact) mass is 341 g/mol. The van der Waals surface area contributed by atoms with Gasteiger partial charge < -0.3 is 5.32 Å². The molecule has 0 atom stereocenters. The number of carbonyl (C=O) groups is 1. The van der Waals surface area contributed by atoms with Gasteiger partial charge in [0.1, 0.15) is 0 Å². The zero-order valence-corrected chi connectivity index (χ0v) is 15.1. The fourth-order valence-electron chi connectivity index (χ4n) is 3.25. The first-order valence-electron chi connectivity index (χ1n) is 9.02.